The van der Waals surface area contributed by atoms with E-state index in [1.54, 1.807) is 6.07 Å². The van der Waals surface area contributed by atoms with Crippen LogP contribution >= 0.6 is 0 Å². The van der Waals surface area contributed by atoms with Crippen LogP contribution in [0.4, 0.5) is 18.9 Å². The number of sulfone groups is 1. The molecule has 11 heteroatoms. The van der Waals surface area contributed by atoms with Gasteiger partial charge in [-0.05, 0) is 60.7 Å². The van der Waals surface area contributed by atoms with E-state index in [2.05, 4.69) is 16.0 Å². The number of hydrogen-bond donors (Lipinski definition) is 3. The van der Waals surface area contributed by atoms with Crippen LogP contribution in [0.5, 0.6) is 0 Å². The Labute approximate surface area is 201 Å². The number of carbonyl (C=O) groups is 2. The van der Waals surface area contributed by atoms with Gasteiger partial charge in [0.15, 0.2) is 9.84 Å². The van der Waals surface area contributed by atoms with Gasteiger partial charge in [-0.3, -0.25) is 14.9 Å². The predicted molar refractivity (Wildman–Crippen MR) is 123 cm³/mol. The zero-order valence-electron chi connectivity index (χ0n) is 19.2. The molecule has 2 amide bonds. The summed E-state index contributed by atoms with van der Waals surface area (Å²) in [5.74, 6) is -1.07. The second-order valence-electron chi connectivity index (χ2n) is 9.36. The number of fused-ring (bicyclic) bond motifs is 1. The smallest absolute Gasteiger partial charge is 0.353 e. The Balaban J connectivity index is 1.48. The molecule has 0 saturated heterocycles. The van der Waals surface area contributed by atoms with Crippen molar-refractivity contribution in [3.05, 3.63) is 59.2 Å². The molecule has 2 aromatic rings. The van der Waals surface area contributed by atoms with Crippen molar-refractivity contribution < 1.29 is 31.2 Å². The lowest BCUT2D eigenvalue weighted by Crippen LogP contribution is -2.44. The van der Waals surface area contributed by atoms with Gasteiger partial charge < -0.3 is 10.6 Å². The van der Waals surface area contributed by atoms with E-state index in [4.69, 9.17) is 0 Å². The van der Waals surface area contributed by atoms with Crippen molar-refractivity contribution in [1.82, 2.24) is 10.6 Å². The molecule has 0 radical (unpaired) electrons. The first kappa shape index (κ1) is 25.2. The van der Waals surface area contributed by atoms with Crippen LogP contribution in [0.15, 0.2) is 47.4 Å². The molecule has 1 heterocycles. The zero-order chi connectivity index (χ0) is 25.6. The number of amides is 2. The third-order valence-corrected chi connectivity index (χ3v) is 7.59. The lowest BCUT2D eigenvalue weighted by molar-refractivity contribution is -0.189. The van der Waals surface area contributed by atoms with Gasteiger partial charge >= 0.3 is 6.18 Å². The van der Waals surface area contributed by atoms with Crippen molar-refractivity contribution in [3.63, 3.8) is 0 Å². The molecule has 2 aliphatic rings. The first-order chi connectivity index (χ1) is 16.3. The topological polar surface area (TPSA) is 104 Å². The molecule has 1 saturated carbocycles. The summed E-state index contributed by atoms with van der Waals surface area (Å²) in [7, 11) is -3.38. The number of alkyl halides is 3. The van der Waals surface area contributed by atoms with Crippen LogP contribution in [-0.2, 0) is 31.4 Å². The molecule has 0 spiro atoms. The predicted octanol–water partition coefficient (Wildman–Crippen LogP) is 3.36. The summed E-state index contributed by atoms with van der Waals surface area (Å²) >= 11 is 0. The number of hydrogen-bond acceptors (Lipinski definition) is 5. The lowest BCUT2D eigenvalue weighted by Gasteiger charge is -2.32. The Morgan fingerprint density at radius 3 is 2.31 bits per heavy atom. The summed E-state index contributed by atoms with van der Waals surface area (Å²) in [6.45, 7) is 1.31. The number of rotatable bonds is 7. The van der Waals surface area contributed by atoms with Gasteiger partial charge in [-0.1, -0.05) is 18.2 Å². The normalized spacial score (nSPS) is 19.5. The molecule has 1 fully saturated rings. The highest BCUT2D eigenvalue weighted by Gasteiger charge is 2.53. The molecular formula is C24H26F3N3O4S. The summed E-state index contributed by atoms with van der Waals surface area (Å²) in [4.78, 5) is 25.1. The molecule has 1 aliphatic carbocycles. The first-order valence-corrected chi connectivity index (χ1v) is 13.0. The van der Waals surface area contributed by atoms with Crippen molar-refractivity contribution in [3.8, 4) is 0 Å². The molecule has 3 N–H and O–H groups in total. The van der Waals surface area contributed by atoms with E-state index < -0.39 is 45.7 Å². The van der Waals surface area contributed by atoms with E-state index in [0.29, 0.717) is 23.4 Å². The average molecular weight is 510 g/mol. The van der Waals surface area contributed by atoms with Crippen molar-refractivity contribution >= 4 is 27.3 Å². The van der Waals surface area contributed by atoms with E-state index >= 15 is 0 Å². The second kappa shape index (κ2) is 8.94. The van der Waals surface area contributed by atoms with Crippen LogP contribution in [0.25, 0.3) is 0 Å². The largest absolute Gasteiger partial charge is 0.398 e. The van der Waals surface area contributed by atoms with Gasteiger partial charge in [0, 0.05) is 31.0 Å². The molecular weight excluding hydrogens is 483 g/mol. The molecule has 0 bridgehead atoms. The fourth-order valence-electron chi connectivity index (χ4n) is 4.13. The van der Waals surface area contributed by atoms with Crippen LogP contribution in [-0.4, -0.2) is 38.7 Å². The van der Waals surface area contributed by atoms with Crippen molar-refractivity contribution in [2.75, 3.05) is 11.6 Å². The highest BCUT2D eigenvalue weighted by Crippen LogP contribution is 2.44. The molecule has 7 nitrogen and oxygen atoms in total. The summed E-state index contributed by atoms with van der Waals surface area (Å²) in [6.07, 6.45) is -2.71. The van der Waals surface area contributed by atoms with E-state index in [1.807, 2.05) is 0 Å². The Morgan fingerprint density at radius 1 is 1.09 bits per heavy atom. The van der Waals surface area contributed by atoms with Crippen LogP contribution in [0.2, 0.25) is 0 Å². The maximum absolute atomic E-state index is 14.0. The number of nitrogens with one attached hydrogen (secondary N) is 3. The zero-order valence-corrected chi connectivity index (χ0v) is 20.0. The monoisotopic (exact) mass is 509 g/mol. The minimum absolute atomic E-state index is 0.0372. The summed E-state index contributed by atoms with van der Waals surface area (Å²) in [5.41, 5.74) is -0.829. The molecule has 2 unspecified atom stereocenters. The Hall–Kier alpha value is -2.92. The summed E-state index contributed by atoms with van der Waals surface area (Å²) in [5, 5.41) is 8.30. The van der Waals surface area contributed by atoms with Crippen LogP contribution in [0.3, 0.4) is 0 Å². The number of halogens is 3. The quantitative estimate of drug-likeness (QED) is 0.531. The van der Waals surface area contributed by atoms with Gasteiger partial charge in [0.05, 0.1) is 10.3 Å². The number of benzene rings is 2. The molecule has 35 heavy (non-hydrogen) atoms. The number of anilines is 1. The van der Waals surface area contributed by atoms with Gasteiger partial charge in [0.25, 0.3) is 0 Å². The maximum atomic E-state index is 14.0. The SMILES string of the molecule is CC(CC(=O)NC1CC1)(c1ccc(NC(=O)C2NCc3cc(S(C)(=O)=O)ccc32)cc1)C(F)(F)F. The van der Waals surface area contributed by atoms with Gasteiger partial charge in [0.2, 0.25) is 11.8 Å². The average Bonchev–Trinajstić information content (AvgIpc) is 3.46. The maximum Gasteiger partial charge on any atom is 0.398 e. The van der Waals surface area contributed by atoms with Crippen molar-refractivity contribution in [2.45, 2.75) is 61.3 Å². The third kappa shape index (κ3) is 5.35. The van der Waals surface area contributed by atoms with Gasteiger partial charge in [-0.25, -0.2) is 8.42 Å². The minimum Gasteiger partial charge on any atom is -0.353 e. The first-order valence-electron chi connectivity index (χ1n) is 11.1. The van der Waals surface area contributed by atoms with Gasteiger partial charge in [0.1, 0.15) is 6.04 Å². The van der Waals surface area contributed by atoms with E-state index in [9.17, 15) is 31.2 Å². The highest BCUT2D eigenvalue weighted by atomic mass is 32.2. The van der Waals surface area contributed by atoms with Crippen LogP contribution in [0.1, 0.15) is 48.9 Å². The number of carbonyl (C=O) groups excluding carboxylic acids is 2. The summed E-state index contributed by atoms with van der Waals surface area (Å²) in [6, 6.07) is 9.06. The molecule has 2 atom stereocenters. The fraction of sp³-hybridized carbons (Fsp3) is 0.417. The van der Waals surface area contributed by atoms with Gasteiger partial charge in [-0.15, -0.1) is 0 Å². The van der Waals surface area contributed by atoms with E-state index in [-0.39, 0.29) is 16.5 Å². The van der Waals surface area contributed by atoms with Crippen molar-refractivity contribution in [1.29, 1.82) is 0 Å². The van der Waals surface area contributed by atoms with Crippen LogP contribution < -0.4 is 16.0 Å². The summed E-state index contributed by atoms with van der Waals surface area (Å²) < 4.78 is 65.4. The minimum atomic E-state index is -4.65. The fourth-order valence-corrected chi connectivity index (χ4v) is 4.80. The Bertz CT molecular complexity index is 1260. The van der Waals surface area contributed by atoms with E-state index in [1.165, 1.54) is 36.4 Å². The standard InChI is InChI=1S/C24H26F3N3O4S/c1-23(24(25,26)27,12-20(31)29-16-7-8-16)15-3-5-17(6-4-15)30-22(32)21-19-10-9-18(35(2,33)34)11-14(19)13-28-21/h3-6,9-11,16,21,28H,7-8,12-13H2,1-2H3,(H,29,31)(H,30,32). The van der Waals surface area contributed by atoms with E-state index in [0.717, 1.165) is 26.0 Å². The molecule has 4 rings (SSSR count). The molecule has 188 valence electrons. The van der Waals surface area contributed by atoms with Crippen molar-refractivity contribution in [2.24, 2.45) is 0 Å². The van der Waals surface area contributed by atoms with Crippen LogP contribution in [0, 0.1) is 0 Å². The molecule has 1 aliphatic heterocycles. The highest BCUT2D eigenvalue weighted by molar-refractivity contribution is 7.90. The molecule has 2 aromatic carbocycles. The molecule has 0 aromatic heterocycles. The Morgan fingerprint density at radius 2 is 1.74 bits per heavy atom. The third-order valence-electron chi connectivity index (χ3n) is 6.48. The Kier molecular flexibility index (Phi) is 6.43. The lowest BCUT2D eigenvalue weighted by atomic mass is 9.78. The second-order valence-corrected chi connectivity index (χ2v) is 11.4. The van der Waals surface area contributed by atoms with Gasteiger partial charge in [-0.2, -0.15) is 13.2 Å².